The number of amides is 1. The van der Waals surface area contributed by atoms with E-state index in [1.54, 1.807) is 12.1 Å². The molecular weight excluding hydrogens is 356 g/mol. The van der Waals surface area contributed by atoms with Crippen molar-refractivity contribution < 1.29 is 4.79 Å². The second-order valence-electron chi connectivity index (χ2n) is 6.04. The van der Waals surface area contributed by atoms with Crippen LogP contribution in [0.3, 0.4) is 0 Å². The van der Waals surface area contributed by atoms with E-state index in [-0.39, 0.29) is 5.91 Å². The summed E-state index contributed by atoms with van der Waals surface area (Å²) in [7, 11) is 0. The Morgan fingerprint density at radius 3 is 2.68 bits per heavy atom. The molecule has 1 aliphatic heterocycles. The molecule has 4 rings (SSSR count). The van der Waals surface area contributed by atoms with Crippen molar-refractivity contribution in [2.75, 3.05) is 5.32 Å². The lowest BCUT2D eigenvalue weighted by Crippen LogP contribution is -2.10. The number of aryl methyl sites for hydroxylation is 1. The number of hydrogen-bond donors (Lipinski definition) is 1. The van der Waals surface area contributed by atoms with Gasteiger partial charge in [0.2, 0.25) is 0 Å². The molecule has 0 bridgehead atoms. The van der Waals surface area contributed by atoms with E-state index in [0.717, 1.165) is 42.3 Å². The number of thiophene rings is 1. The number of anilines is 1. The second-order valence-corrected chi connectivity index (χ2v) is 7.75. The van der Waals surface area contributed by atoms with Crippen LogP contribution in [-0.2, 0) is 13.0 Å². The summed E-state index contributed by atoms with van der Waals surface area (Å²) in [5.41, 5.74) is 1.76. The SMILES string of the molecule is O=C(Nc1ccc(-c2nnc3n2CCCCC3)cc1)c1ccc(Cl)s1. The third-order valence-corrected chi connectivity index (χ3v) is 5.54. The number of carbonyl (C=O) groups excluding carboxylic acids is 1. The highest BCUT2D eigenvalue weighted by Gasteiger charge is 2.16. The van der Waals surface area contributed by atoms with Crippen LogP contribution in [0, 0.1) is 0 Å². The number of benzene rings is 1. The van der Waals surface area contributed by atoms with Crippen molar-refractivity contribution >= 4 is 34.5 Å². The number of aromatic nitrogens is 3. The van der Waals surface area contributed by atoms with E-state index >= 15 is 0 Å². The monoisotopic (exact) mass is 372 g/mol. The van der Waals surface area contributed by atoms with E-state index in [1.807, 2.05) is 24.3 Å². The van der Waals surface area contributed by atoms with Crippen LogP contribution in [0.4, 0.5) is 5.69 Å². The van der Waals surface area contributed by atoms with Crippen LogP contribution in [0.5, 0.6) is 0 Å². The minimum absolute atomic E-state index is 0.152. The molecule has 1 aliphatic rings. The minimum atomic E-state index is -0.152. The molecule has 0 spiro atoms. The minimum Gasteiger partial charge on any atom is -0.321 e. The highest BCUT2D eigenvalue weighted by atomic mass is 35.5. The molecule has 7 heteroatoms. The molecular formula is C18H17ClN4OS. The Balaban J connectivity index is 1.52. The third kappa shape index (κ3) is 3.45. The smallest absolute Gasteiger partial charge is 0.265 e. The van der Waals surface area contributed by atoms with E-state index in [1.165, 1.54) is 24.2 Å². The Hall–Kier alpha value is -2.18. The number of carbonyl (C=O) groups is 1. The molecule has 0 aliphatic carbocycles. The average molecular weight is 373 g/mol. The molecule has 3 aromatic rings. The molecule has 1 aromatic carbocycles. The third-order valence-electron chi connectivity index (χ3n) is 4.31. The molecule has 0 saturated carbocycles. The maximum Gasteiger partial charge on any atom is 0.265 e. The fraction of sp³-hybridized carbons (Fsp3) is 0.278. The number of fused-ring (bicyclic) bond motifs is 1. The summed E-state index contributed by atoms with van der Waals surface area (Å²) in [6.45, 7) is 0.968. The molecule has 128 valence electrons. The predicted molar refractivity (Wildman–Crippen MR) is 100 cm³/mol. The summed E-state index contributed by atoms with van der Waals surface area (Å²) in [4.78, 5) is 12.8. The molecule has 0 fully saturated rings. The lowest BCUT2D eigenvalue weighted by Gasteiger charge is -2.08. The normalized spacial score (nSPS) is 14.0. The Kier molecular flexibility index (Phi) is 4.55. The maximum atomic E-state index is 12.2. The van der Waals surface area contributed by atoms with Gasteiger partial charge in [-0.2, -0.15) is 0 Å². The maximum absolute atomic E-state index is 12.2. The van der Waals surface area contributed by atoms with Crippen molar-refractivity contribution in [1.82, 2.24) is 14.8 Å². The van der Waals surface area contributed by atoms with Gasteiger partial charge in [-0.25, -0.2) is 0 Å². The van der Waals surface area contributed by atoms with E-state index < -0.39 is 0 Å². The van der Waals surface area contributed by atoms with Gasteiger partial charge in [-0.15, -0.1) is 21.5 Å². The lowest BCUT2D eigenvalue weighted by molar-refractivity contribution is 0.103. The average Bonchev–Trinajstić information content (AvgIpc) is 3.16. The summed E-state index contributed by atoms with van der Waals surface area (Å²) >= 11 is 7.14. The van der Waals surface area contributed by atoms with Gasteiger partial charge in [0.1, 0.15) is 5.82 Å². The second kappa shape index (κ2) is 6.98. The summed E-state index contributed by atoms with van der Waals surface area (Å²) in [5, 5.41) is 11.6. The van der Waals surface area contributed by atoms with Gasteiger partial charge in [-0.1, -0.05) is 18.0 Å². The molecule has 0 atom stereocenters. The zero-order valence-corrected chi connectivity index (χ0v) is 15.1. The summed E-state index contributed by atoms with van der Waals surface area (Å²) < 4.78 is 2.82. The van der Waals surface area contributed by atoms with Gasteiger partial charge in [-0.3, -0.25) is 4.79 Å². The lowest BCUT2D eigenvalue weighted by atomic mass is 10.2. The quantitative estimate of drug-likeness (QED) is 0.728. The van der Waals surface area contributed by atoms with Crippen molar-refractivity contribution in [3.05, 3.63) is 51.4 Å². The largest absolute Gasteiger partial charge is 0.321 e. The van der Waals surface area contributed by atoms with Gasteiger partial charge in [0.05, 0.1) is 9.21 Å². The summed E-state index contributed by atoms with van der Waals surface area (Å²) in [6.07, 6.45) is 4.57. The fourth-order valence-electron chi connectivity index (χ4n) is 3.03. The first kappa shape index (κ1) is 16.3. The zero-order chi connectivity index (χ0) is 17.2. The summed E-state index contributed by atoms with van der Waals surface area (Å²) in [5.74, 6) is 1.82. The van der Waals surface area contributed by atoms with Gasteiger partial charge in [0.25, 0.3) is 5.91 Å². The zero-order valence-electron chi connectivity index (χ0n) is 13.5. The molecule has 0 unspecified atom stereocenters. The van der Waals surface area contributed by atoms with Crippen LogP contribution < -0.4 is 5.32 Å². The van der Waals surface area contributed by atoms with Crippen molar-refractivity contribution in [3.8, 4) is 11.4 Å². The van der Waals surface area contributed by atoms with Crippen LogP contribution in [0.1, 0.15) is 34.8 Å². The Morgan fingerprint density at radius 2 is 1.92 bits per heavy atom. The predicted octanol–water partition coefficient (Wildman–Crippen LogP) is 4.64. The number of nitrogens with zero attached hydrogens (tertiary/aromatic N) is 3. The van der Waals surface area contributed by atoms with E-state index in [4.69, 9.17) is 11.6 Å². The molecule has 5 nitrogen and oxygen atoms in total. The molecule has 25 heavy (non-hydrogen) atoms. The molecule has 3 heterocycles. The van der Waals surface area contributed by atoms with E-state index in [9.17, 15) is 4.79 Å². The highest BCUT2D eigenvalue weighted by molar-refractivity contribution is 7.18. The standard InChI is InChI=1S/C18H17ClN4OS/c19-15-10-9-14(25-15)18(24)20-13-7-5-12(6-8-13)17-22-21-16-4-2-1-3-11-23(16)17/h5-10H,1-4,11H2,(H,20,24). The van der Waals surface area contributed by atoms with Crippen LogP contribution in [0.15, 0.2) is 36.4 Å². The van der Waals surface area contributed by atoms with Crippen LogP contribution in [0.2, 0.25) is 4.34 Å². The van der Waals surface area contributed by atoms with Gasteiger partial charge in [0.15, 0.2) is 5.82 Å². The molecule has 1 N–H and O–H groups in total. The Bertz CT molecular complexity index is 900. The van der Waals surface area contributed by atoms with Gasteiger partial charge in [0, 0.05) is 24.2 Å². The van der Waals surface area contributed by atoms with Crippen LogP contribution in [0.25, 0.3) is 11.4 Å². The van der Waals surface area contributed by atoms with Gasteiger partial charge >= 0.3 is 0 Å². The summed E-state index contributed by atoms with van der Waals surface area (Å²) in [6, 6.07) is 11.2. The van der Waals surface area contributed by atoms with Crippen molar-refractivity contribution in [1.29, 1.82) is 0 Å². The van der Waals surface area contributed by atoms with Crippen molar-refractivity contribution in [3.63, 3.8) is 0 Å². The molecule has 0 saturated heterocycles. The topological polar surface area (TPSA) is 59.8 Å². The number of nitrogens with one attached hydrogen (secondary N) is 1. The molecule has 0 radical (unpaired) electrons. The van der Waals surface area contributed by atoms with Gasteiger partial charge in [-0.05, 0) is 49.2 Å². The first-order chi connectivity index (χ1) is 12.2. The van der Waals surface area contributed by atoms with Crippen molar-refractivity contribution in [2.24, 2.45) is 0 Å². The van der Waals surface area contributed by atoms with Gasteiger partial charge < -0.3 is 9.88 Å². The van der Waals surface area contributed by atoms with Crippen LogP contribution in [-0.4, -0.2) is 20.7 Å². The van der Waals surface area contributed by atoms with E-state index in [0.29, 0.717) is 9.21 Å². The number of hydrogen-bond acceptors (Lipinski definition) is 4. The number of rotatable bonds is 3. The first-order valence-corrected chi connectivity index (χ1v) is 9.49. The molecule has 1 amide bonds. The van der Waals surface area contributed by atoms with E-state index in [2.05, 4.69) is 20.1 Å². The highest BCUT2D eigenvalue weighted by Crippen LogP contribution is 2.25. The Labute approximate surface area is 154 Å². The Morgan fingerprint density at radius 1 is 1.08 bits per heavy atom. The van der Waals surface area contributed by atoms with Crippen LogP contribution >= 0.6 is 22.9 Å². The first-order valence-electron chi connectivity index (χ1n) is 8.30. The van der Waals surface area contributed by atoms with Crippen molar-refractivity contribution in [2.45, 2.75) is 32.2 Å². The molecule has 2 aromatic heterocycles. The number of halogens is 1. The fourth-order valence-corrected chi connectivity index (χ4v) is 3.97.